The molecule has 0 fully saturated rings. The third-order valence-electron chi connectivity index (χ3n) is 3.78. The van der Waals surface area contributed by atoms with Crippen LogP contribution in [0.1, 0.15) is 5.56 Å². The highest BCUT2D eigenvalue weighted by Gasteiger charge is 2.16. The first-order valence-electron chi connectivity index (χ1n) is 7.21. The Morgan fingerprint density at radius 2 is 1.50 bits per heavy atom. The minimum atomic E-state index is -3.29. The maximum Gasteiger partial charge on any atom is 0.201 e. The second-order valence-electron chi connectivity index (χ2n) is 5.61. The fourth-order valence-electron chi connectivity index (χ4n) is 2.54. The van der Waals surface area contributed by atoms with Gasteiger partial charge in [0, 0.05) is 17.5 Å². The van der Waals surface area contributed by atoms with Crippen LogP contribution in [0.4, 0.5) is 8.78 Å². The molecule has 0 amide bonds. The van der Waals surface area contributed by atoms with Crippen LogP contribution in [0, 0.1) is 18.7 Å². The minimum absolute atomic E-state index is 0.198. The summed E-state index contributed by atoms with van der Waals surface area (Å²) in [4.78, 5) is 0.198. The summed E-state index contributed by atoms with van der Waals surface area (Å²) in [5, 5.41) is 0. The molecule has 3 rings (SSSR count). The van der Waals surface area contributed by atoms with Crippen molar-refractivity contribution in [2.45, 2.75) is 11.8 Å². The maximum atomic E-state index is 14.5. The smallest absolute Gasteiger partial charge is 0.201 e. The van der Waals surface area contributed by atoms with Gasteiger partial charge in [0.25, 0.3) is 0 Å². The van der Waals surface area contributed by atoms with Gasteiger partial charge in [-0.05, 0) is 55.0 Å². The molecule has 1 aromatic heterocycles. The zero-order valence-corrected chi connectivity index (χ0v) is 13.9. The Hall–Kier alpha value is -2.47. The molecule has 24 heavy (non-hydrogen) atoms. The summed E-state index contributed by atoms with van der Waals surface area (Å²) >= 11 is 0. The molecule has 3 aromatic rings. The van der Waals surface area contributed by atoms with Gasteiger partial charge >= 0.3 is 0 Å². The van der Waals surface area contributed by atoms with Gasteiger partial charge in [-0.2, -0.15) is 4.39 Å². The van der Waals surface area contributed by atoms with E-state index in [0.717, 1.165) is 6.26 Å². The van der Waals surface area contributed by atoms with Crippen LogP contribution in [0.5, 0.6) is 0 Å². The maximum absolute atomic E-state index is 14.5. The summed E-state index contributed by atoms with van der Waals surface area (Å²) in [7, 11) is -3.29. The van der Waals surface area contributed by atoms with Crippen molar-refractivity contribution in [1.82, 2.24) is 4.57 Å². The van der Waals surface area contributed by atoms with Crippen LogP contribution in [0.2, 0.25) is 0 Å². The molecule has 0 N–H and O–H groups in total. The van der Waals surface area contributed by atoms with E-state index in [4.69, 9.17) is 0 Å². The van der Waals surface area contributed by atoms with Crippen LogP contribution >= 0.6 is 0 Å². The number of rotatable bonds is 3. The molecule has 0 spiro atoms. The van der Waals surface area contributed by atoms with Gasteiger partial charge in [-0.1, -0.05) is 12.1 Å². The van der Waals surface area contributed by atoms with E-state index in [1.807, 2.05) is 0 Å². The number of nitrogens with zero attached hydrogens (tertiary/aromatic N) is 1. The van der Waals surface area contributed by atoms with Gasteiger partial charge in [0.2, 0.25) is 5.95 Å². The molecule has 0 atom stereocenters. The second-order valence-corrected chi connectivity index (χ2v) is 7.63. The van der Waals surface area contributed by atoms with Crippen LogP contribution in [0.3, 0.4) is 0 Å². The number of aromatic nitrogens is 1. The summed E-state index contributed by atoms with van der Waals surface area (Å²) in [5.74, 6) is -0.842. The van der Waals surface area contributed by atoms with Gasteiger partial charge in [0.15, 0.2) is 9.84 Å². The molecule has 0 saturated carbocycles. The lowest BCUT2D eigenvalue weighted by molar-refractivity contribution is 0.553. The number of sulfone groups is 1. The van der Waals surface area contributed by atoms with Gasteiger partial charge in [-0.15, -0.1) is 0 Å². The zero-order chi connectivity index (χ0) is 17.5. The van der Waals surface area contributed by atoms with E-state index in [-0.39, 0.29) is 4.90 Å². The predicted octanol–water partition coefficient (Wildman–Crippen LogP) is 4.13. The zero-order valence-electron chi connectivity index (χ0n) is 13.1. The fourth-order valence-corrected chi connectivity index (χ4v) is 3.17. The molecular weight excluding hydrogens is 332 g/mol. The van der Waals surface area contributed by atoms with Gasteiger partial charge in [0.1, 0.15) is 5.82 Å². The summed E-state index contributed by atoms with van der Waals surface area (Å²) in [5.41, 5.74) is 2.17. The summed E-state index contributed by atoms with van der Waals surface area (Å²) in [6, 6.07) is 13.4. The van der Waals surface area contributed by atoms with Crippen LogP contribution < -0.4 is 0 Å². The number of aryl methyl sites for hydroxylation is 1. The molecule has 0 radical (unpaired) electrons. The van der Waals surface area contributed by atoms with E-state index >= 15 is 0 Å². The third kappa shape index (κ3) is 2.97. The largest absolute Gasteiger partial charge is 0.286 e. The second kappa shape index (κ2) is 5.87. The average Bonchev–Trinajstić information content (AvgIpc) is 2.83. The number of benzene rings is 2. The molecule has 3 nitrogen and oxygen atoms in total. The third-order valence-corrected chi connectivity index (χ3v) is 4.91. The highest BCUT2D eigenvalue weighted by atomic mass is 32.2. The Balaban J connectivity index is 2.15. The lowest BCUT2D eigenvalue weighted by atomic mass is 10.1. The highest BCUT2D eigenvalue weighted by molar-refractivity contribution is 7.90. The summed E-state index contributed by atoms with van der Waals surface area (Å²) in [6.07, 6.45) is 1.13. The van der Waals surface area contributed by atoms with Crippen LogP contribution in [0.25, 0.3) is 16.9 Å². The van der Waals surface area contributed by atoms with Gasteiger partial charge < -0.3 is 0 Å². The average molecular weight is 347 g/mol. The molecule has 1 heterocycles. The normalized spacial score (nSPS) is 11.7. The molecular formula is C18H15F2NO2S. The first kappa shape index (κ1) is 16.4. The van der Waals surface area contributed by atoms with Gasteiger partial charge in [0.05, 0.1) is 10.6 Å². The first-order valence-corrected chi connectivity index (χ1v) is 9.11. The Labute approximate surface area is 139 Å². The van der Waals surface area contributed by atoms with Crippen molar-refractivity contribution in [3.8, 4) is 16.9 Å². The van der Waals surface area contributed by atoms with Gasteiger partial charge in [-0.3, -0.25) is 4.57 Å². The van der Waals surface area contributed by atoms with Crippen molar-refractivity contribution in [3.63, 3.8) is 0 Å². The Kier molecular flexibility index (Phi) is 4.01. The Morgan fingerprint density at radius 1 is 0.917 bits per heavy atom. The Morgan fingerprint density at radius 3 is 2.04 bits per heavy atom. The van der Waals surface area contributed by atoms with Gasteiger partial charge in [-0.25, -0.2) is 12.8 Å². The van der Waals surface area contributed by atoms with Crippen molar-refractivity contribution in [2.24, 2.45) is 0 Å². The van der Waals surface area contributed by atoms with Crippen molar-refractivity contribution < 1.29 is 17.2 Å². The predicted molar refractivity (Wildman–Crippen MR) is 89.0 cm³/mol. The lowest BCUT2D eigenvalue weighted by Crippen LogP contribution is -2.01. The molecule has 2 aromatic carbocycles. The van der Waals surface area contributed by atoms with Crippen LogP contribution in [-0.4, -0.2) is 19.2 Å². The number of hydrogen-bond donors (Lipinski definition) is 0. The SMILES string of the molecule is Cc1cc(-c2ccc(S(C)(=O)=O)cc2)n(-c2ccc(F)cc2)c1F. The standard InChI is InChI=1S/C18H15F2NO2S/c1-12-11-17(13-3-9-16(10-4-13)24(2,22)23)21(18(12)20)15-7-5-14(19)6-8-15/h3-11H,1-2H3. The fraction of sp³-hybridized carbons (Fsp3) is 0.111. The van der Waals surface area contributed by atoms with Crippen molar-refractivity contribution in [3.05, 3.63) is 71.9 Å². The van der Waals surface area contributed by atoms with Crippen molar-refractivity contribution in [2.75, 3.05) is 6.26 Å². The number of hydrogen-bond acceptors (Lipinski definition) is 2. The molecule has 0 bridgehead atoms. The van der Waals surface area contributed by atoms with Crippen LogP contribution in [-0.2, 0) is 9.84 Å². The molecule has 124 valence electrons. The van der Waals surface area contributed by atoms with E-state index in [0.29, 0.717) is 22.5 Å². The monoisotopic (exact) mass is 347 g/mol. The van der Waals surface area contributed by atoms with E-state index in [9.17, 15) is 17.2 Å². The van der Waals surface area contributed by atoms with E-state index in [2.05, 4.69) is 0 Å². The lowest BCUT2D eigenvalue weighted by Gasteiger charge is -2.11. The molecule has 0 saturated heterocycles. The van der Waals surface area contributed by atoms with E-state index < -0.39 is 21.6 Å². The van der Waals surface area contributed by atoms with Crippen molar-refractivity contribution in [1.29, 1.82) is 0 Å². The van der Waals surface area contributed by atoms with Crippen LogP contribution in [0.15, 0.2) is 59.5 Å². The van der Waals surface area contributed by atoms with E-state index in [1.165, 1.54) is 41.0 Å². The highest BCUT2D eigenvalue weighted by Crippen LogP contribution is 2.29. The molecule has 0 aliphatic rings. The topological polar surface area (TPSA) is 39.1 Å². The summed E-state index contributed by atoms with van der Waals surface area (Å²) < 4.78 is 52.2. The Bertz CT molecular complexity index is 989. The minimum Gasteiger partial charge on any atom is -0.286 e. The summed E-state index contributed by atoms with van der Waals surface area (Å²) in [6.45, 7) is 1.64. The van der Waals surface area contributed by atoms with Crippen molar-refractivity contribution >= 4 is 9.84 Å². The molecule has 0 unspecified atom stereocenters. The molecule has 0 aliphatic heterocycles. The first-order chi connectivity index (χ1) is 11.3. The molecule has 6 heteroatoms. The molecule has 0 aliphatic carbocycles. The number of halogens is 2. The van der Waals surface area contributed by atoms with E-state index in [1.54, 1.807) is 25.1 Å². The quantitative estimate of drug-likeness (QED) is 0.714.